The first-order valence-electron chi connectivity index (χ1n) is 12.1. The molecule has 0 unspecified atom stereocenters. The van der Waals surface area contributed by atoms with E-state index < -0.39 is 0 Å². The minimum atomic E-state index is -0.361. The normalized spacial score (nSPS) is 24.3. The summed E-state index contributed by atoms with van der Waals surface area (Å²) in [5.74, 6) is -0.398. The van der Waals surface area contributed by atoms with Crippen molar-refractivity contribution in [3.8, 4) is 5.75 Å². The van der Waals surface area contributed by atoms with Crippen molar-refractivity contribution in [2.75, 3.05) is 12.0 Å². The Kier molecular flexibility index (Phi) is 4.99. The van der Waals surface area contributed by atoms with Crippen molar-refractivity contribution in [3.63, 3.8) is 0 Å². The first-order chi connectivity index (χ1) is 17.0. The maximum absolute atomic E-state index is 13.7. The Morgan fingerprint density at radius 1 is 0.686 bits per heavy atom. The highest BCUT2D eigenvalue weighted by Gasteiger charge is 2.62. The summed E-state index contributed by atoms with van der Waals surface area (Å²) in [6.07, 6.45) is 4.29. The number of amides is 2. The van der Waals surface area contributed by atoms with E-state index in [0.717, 1.165) is 16.7 Å². The number of anilines is 1. The van der Waals surface area contributed by atoms with Crippen LogP contribution in [0.15, 0.2) is 90.5 Å². The molecule has 3 aromatic carbocycles. The van der Waals surface area contributed by atoms with Gasteiger partial charge in [0.2, 0.25) is 11.8 Å². The van der Waals surface area contributed by atoms with Gasteiger partial charge in [-0.2, -0.15) is 0 Å². The van der Waals surface area contributed by atoms with Crippen LogP contribution in [0, 0.1) is 37.5 Å². The van der Waals surface area contributed by atoms with E-state index in [4.69, 9.17) is 4.74 Å². The van der Waals surface area contributed by atoms with Gasteiger partial charge >= 0.3 is 0 Å². The van der Waals surface area contributed by atoms with Gasteiger partial charge < -0.3 is 4.74 Å². The van der Waals surface area contributed by atoms with Gasteiger partial charge in [0.1, 0.15) is 5.75 Å². The van der Waals surface area contributed by atoms with E-state index in [-0.39, 0.29) is 35.5 Å². The predicted molar refractivity (Wildman–Crippen MR) is 137 cm³/mol. The van der Waals surface area contributed by atoms with E-state index in [9.17, 15) is 9.59 Å². The zero-order valence-corrected chi connectivity index (χ0v) is 20.1. The Hall–Kier alpha value is -3.92. The fourth-order valence-corrected chi connectivity index (χ4v) is 6.02. The summed E-state index contributed by atoms with van der Waals surface area (Å²) in [6, 6.07) is 24.2. The van der Waals surface area contributed by atoms with Crippen LogP contribution in [0.3, 0.4) is 0 Å². The Morgan fingerprint density at radius 2 is 1.14 bits per heavy atom. The number of benzene rings is 3. The third-order valence-corrected chi connectivity index (χ3v) is 7.72. The molecule has 4 nitrogen and oxygen atoms in total. The summed E-state index contributed by atoms with van der Waals surface area (Å²) >= 11 is 0. The van der Waals surface area contributed by atoms with Crippen LogP contribution in [-0.4, -0.2) is 18.9 Å². The lowest BCUT2D eigenvalue weighted by Gasteiger charge is -2.22. The number of imide groups is 1. The smallest absolute Gasteiger partial charge is 0.238 e. The third-order valence-electron chi connectivity index (χ3n) is 7.72. The fourth-order valence-electron chi connectivity index (χ4n) is 6.02. The van der Waals surface area contributed by atoms with E-state index in [1.54, 1.807) is 31.4 Å². The van der Waals surface area contributed by atoms with E-state index >= 15 is 0 Å². The second-order valence-corrected chi connectivity index (χ2v) is 9.76. The summed E-state index contributed by atoms with van der Waals surface area (Å²) < 4.78 is 5.24. The number of fused-ring (bicyclic) bond motifs is 5. The Morgan fingerprint density at radius 3 is 1.57 bits per heavy atom. The van der Waals surface area contributed by atoms with Crippen LogP contribution in [0.4, 0.5) is 5.69 Å². The van der Waals surface area contributed by atoms with Crippen LogP contribution < -0.4 is 9.64 Å². The van der Waals surface area contributed by atoms with Crippen molar-refractivity contribution in [3.05, 3.63) is 113 Å². The number of ether oxygens (including phenoxy) is 1. The van der Waals surface area contributed by atoms with Crippen LogP contribution in [0.2, 0.25) is 0 Å². The quantitative estimate of drug-likeness (QED) is 0.368. The molecule has 174 valence electrons. The number of nitrogens with zero attached hydrogens (tertiary/aromatic N) is 1. The fraction of sp³-hybridized carbons (Fsp3) is 0.226. The largest absolute Gasteiger partial charge is 0.497 e. The lowest BCUT2D eigenvalue weighted by molar-refractivity contribution is -0.122. The topological polar surface area (TPSA) is 46.6 Å². The zero-order valence-electron chi connectivity index (χ0n) is 20.1. The molecule has 4 heteroatoms. The van der Waals surface area contributed by atoms with Crippen molar-refractivity contribution in [2.45, 2.75) is 13.8 Å². The highest BCUT2D eigenvalue weighted by atomic mass is 16.5. The van der Waals surface area contributed by atoms with E-state index in [2.05, 4.69) is 74.5 Å². The lowest BCUT2D eigenvalue weighted by atomic mass is 9.85. The molecule has 2 fully saturated rings. The molecule has 35 heavy (non-hydrogen) atoms. The predicted octanol–water partition coefficient (Wildman–Crippen LogP) is 5.74. The molecule has 6 rings (SSSR count). The van der Waals surface area contributed by atoms with Gasteiger partial charge in [-0.15, -0.1) is 0 Å². The average Bonchev–Trinajstić information content (AvgIpc) is 3.51. The molecule has 1 saturated carbocycles. The minimum absolute atomic E-state index is 0.0812. The molecule has 0 spiro atoms. The second-order valence-electron chi connectivity index (χ2n) is 9.76. The summed E-state index contributed by atoms with van der Waals surface area (Å²) in [5.41, 5.74) is 7.61. The maximum atomic E-state index is 13.7. The molecule has 1 heterocycles. The molecule has 1 aliphatic heterocycles. The summed E-state index contributed by atoms with van der Waals surface area (Å²) in [7, 11) is 1.60. The zero-order chi connectivity index (χ0) is 24.3. The molecule has 3 aliphatic rings. The Bertz CT molecular complexity index is 1300. The summed E-state index contributed by atoms with van der Waals surface area (Å²) in [5, 5.41) is 0. The van der Waals surface area contributed by atoms with Gasteiger partial charge in [0.15, 0.2) is 0 Å². The molecule has 2 amide bonds. The van der Waals surface area contributed by atoms with Crippen molar-refractivity contribution < 1.29 is 14.3 Å². The van der Waals surface area contributed by atoms with Gasteiger partial charge in [0, 0.05) is 11.8 Å². The standard InChI is InChI=1S/C31H27NO3/c1-18-4-8-20(9-5-18)26(21-10-6-19(2)7-11-21)27-24-16-17-25(27)29-28(24)30(33)32(31(29)34)22-12-14-23(35-3)15-13-22/h4-17,24-25,28-29H,1-3H3/t24-,25-,28-,29-/m0/s1. The van der Waals surface area contributed by atoms with Crippen LogP contribution in [0.25, 0.3) is 5.57 Å². The maximum Gasteiger partial charge on any atom is 0.238 e. The number of hydrogen-bond acceptors (Lipinski definition) is 3. The molecule has 2 bridgehead atoms. The number of aryl methyl sites for hydroxylation is 2. The first-order valence-corrected chi connectivity index (χ1v) is 12.1. The number of allylic oxidation sites excluding steroid dienone is 3. The van der Waals surface area contributed by atoms with Crippen molar-refractivity contribution in [1.29, 1.82) is 0 Å². The van der Waals surface area contributed by atoms with Gasteiger partial charge in [-0.25, -0.2) is 4.90 Å². The molecule has 1 saturated heterocycles. The van der Waals surface area contributed by atoms with Crippen molar-refractivity contribution in [1.82, 2.24) is 0 Å². The van der Waals surface area contributed by atoms with E-state index in [0.29, 0.717) is 11.4 Å². The van der Waals surface area contributed by atoms with E-state index in [1.165, 1.54) is 21.6 Å². The Labute approximate surface area is 205 Å². The van der Waals surface area contributed by atoms with Crippen LogP contribution in [0.5, 0.6) is 5.75 Å². The average molecular weight is 462 g/mol. The van der Waals surface area contributed by atoms with Gasteiger partial charge in [-0.05, 0) is 60.4 Å². The molecule has 0 aromatic heterocycles. The van der Waals surface area contributed by atoms with Crippen LogP contribution in [0.1, 0.15) is 22.3 Å². The van der Waals surface area contributed by atoms with Gasteiger partial charge in [0.05, 0.1) is 24.6 Å². The molecule has 4 atom stereocenters. The molecule has 2 aliphatic carbocycles. The molecule has 0 radical (unpaired) electrons. The molecule has 3 aromatic rings. The van der Waals surface area contributed by atoms with Gasteiger partial charge in [0.25, 0.3) is 0 Å². The first kappa shape index (κ1) is 21.6. The highest BCUT2D eigenvalue weighted by Crippen LogP contribution is 2.58. The highest BCUT2D eigenvalue weighted by molar-refractivity contribution is 6.23. The molecular formula is C31H27NO3. The van der Waals surface area contributed by atoms with Gasteiger partial charge in [-0.1, -0.05) is 71.8 Å². The third kappa shape index (κ3) is 3.28. The summed E-state index contributed by atoms with van der Waals surface area (Å²) in [6.45, 7) is 4.16. The summed E-state index contributed by atoms with van der Waals surface area (Å²) in [4.78, 5) is 28.8. The minimum Gasteiger partial charge on any atom is -0.497 e. The molecule has 0 N–H and O–H groups in total. The molecular weight excluding hydrogens is 434 g/mol. The van der Waals surface area contributed by atoms with Crippen LogP contribution in [-0.2, 0) is 9.59 Å². The SMILES string of the molecule is COc1ccc(N2C(=O)[C@@H]3[C@@H](C2=O)[C@H]2C=C[C@H]3C2=C(c2ccc(C)cc2)c2ccc(C)cc2)cc1. The number of rotatable bonds is 4. The van der Waals surface area contributed by atoms with Crippen molar-refractivity contribution in [2.24, 2.45) is 23.7 Å². The van der Waals surface area contributed by atoms with Gasteiger partial charge in [-0.3, -0.25) is 9.59 Å². The number of carbonyl (C=O) groups excluding carboxylic acids is 2. The van der Waals surface area contributed by atoms with E-state index in [1.807, 2.05) is 0 Å². The Balaban J connectivity index is 1.46. The van der Waals surface area contributed by atoms with Crippen molar-refractivity contribution >= 4 is 23.1 Å². The number of hydrogen-bond donors (Lipinski definition) is 0. The lowest BCUT2D eigenvalue weighted by Crippen LogP contribution is -2.33. The number of methoxy groups -OCH3 is 1. The van der Waals surface area contributed by atoms with Crippen LogP contribution >= 0.6 is 0 Å². The second kappa shape index (κ2) is 8.09. The number of carbonyl (C=O) groups is 2. The monoisotopic (exact) mass is 461 g/mol.